The Hall–Kier alpha value is -1.90. The van der Waals surface area contributed by atoms with Gasteiger partial charge in [-0.2, -0.15) is 0 Å². The number of aromatic nitrogens is 3. The first-order valence-electron chi connectivity index (χ1n) is 5.81. The zero-order chi connectivity index (χ0) is 12.2. The molecular weight excluding hydrogens is 210 g/mol. The number of fused-ring (bicyclic) bond motifs is 3. The van der Waals surface area contributed by atoms with Crippen molar-refractivity contribution in [2.45, 2.75) is 27.7 Å². The topological polar surface area (TPSA) is 30.2 Å². The second kappa shape index (κ2) is 3.29. The predicted octanol–water partition coefficient (Wildman–Crippen LogP) is 3.12. The van der Waals surface area contributed by atoms with Crippen molar-refractivity contribution >= 4 is 16.7 Å². The first-order chi connectivity index (χ1) is 8.11. The first-order valence-corrected chi connectivity index (χ1v) is 5.81. The van der Waals surface area contributed by atoms with Gasteiger partial charge in [0.25, 0.3) is 0 Å². The van der Waals surface area contributed by atoms with Gasteiger partial charge in [0, 0.05) is 17.3 Å². The van der Waals surface area contributed by atoms with Crippen LogP contribution in [0.15, 0.2) is 18.3 Å². The molecule has 3 aromatic rings. The molecule has 0 spiro atoms. The molecule has 86 valence electrons. The quantitative estimate of drug-likeness (QED) is 0.588. The Bertz CT molecular complexity index is 738. The van der Waals surface area contributed by atoms with Gasteiger partial charge in [0.1, 0.15) is 11.3 Å². The lowest BCUT2D eigenvalue weighted by atomic mass is 10.1. The fourth-order valence-electron chi connectivity index (χ4n) is 2.36. The van der Waals surface area contributed by atoms with Crippen molar-refractivity contribution in [1.29, 1.82) is 0 Å². The highest BCUT2D eigenvalue weighted by atomic mass is 15.1. The molecule has 0 bridgehead atoms. The highest BCUT2D eigenvalue weighted by Gasteiger charge is 2.13. The molecule has 0 fully saturated rings. The largest absolute Gasteiger partial charge is 0.281 e. The van der Waals surface area contributed by atoms with Gasteiger partial charge in [-0.05, 0) is 51.0 Å². The molecular formula is C14H15N3. The Morgan fingerprint density at radius 2 is 1.76 bits per heavy atom. The van der Waals surface area contributed by atoms with E-state index in [1.165, 1.54) is 22.2 Å². The lowest BCUT2D eigenvalue weighted by Crippen LogP contribution is -1.98. The lowest BCUT2D eigenvalue weighted by molar-refractivity contribution is 1.09. The van der Waals surface area contributed by atoms with E-state index in [0.29, 0.717) is 0 Å². The van der Waals surface area contributed by atoms with Crippen LogP contribution in [0.1, 0.15) is 22.5 Å². The van der Waals surface area contributed by atoms with Crippen LogP contribution in [0.3, 0.4) is 0 Å². The maximum Gasteiger partial charge on any atom is 0.146 e. The minimum absolute atomic E-state index is 1.00. The van der Waals surface area contributed by atoms with Gasteiger partial charge >= 0.3 is 0 Å². The molecule has 3 heteroatoms. The molecule has 3 aromatic heterocycles. The van der Waals surface area contributed by atoms with Crippen LogP contribution >= 0.6 is 0 Å². The van der Waals surface area contributed by atoms with Crippen molar-refractivity contribution in [2.24, 2.45) is 0 Å². The van der Waals surface area contributed by atoms with Crippen LogP contribution in [0.5, 0.6) is 0 Å². The fourth-order valence-corrected chi connectivity index (χ4v) is 2.36. The zero-order valence-corrected chi connectivity index (χ0v) is 10.6. The average Bonchev–Trinajstić information content (AvgIpc) is 2.63. The molecule has 3 nitrogen and oxygen atoms in total. The van der Waals surface area contributed by atoms with E-state index in [4.69, 9.17) is 0 Å². The normalized spacial score (nSPS) is 11.5. The Balaban J connectivity index is 2.71. The van der Waals surface area contributed by atoms with Crippen molar-refractivity contribution in [3.63, 3.8) is 0 Å². The van der Waals surface area contributed by atoms with Crippen molar-refractivity contribution in [3.8, 4) is 0 Å². The summed E-state index contributed by atoms with van der Waals surface area (Å²) in [4.78, 5) is 9.15. The van der Waals surface area contributed by atoms with Crippen molar-refractivity contribution in [3.05, 3.63) is 40.8 Å². The van der Waals surface area contributed by atoms with E-state index in [9.17, 15) is 0 Å². The van der Waals surface area contributed by atoms with E-state index in [0.717, 1.165) is 17.0 Å². The minimum Gasteiger partial charge on any atom is -0.281 e. The van der Waals surface area contributed by atoms with Gasteiger partial charge in [-0.3, -0.25) is 4.40 Å². The number of aryl methyl sites for hydroxylation is 4. The molecule has 0 unspecified atom stereocenters. The molecule has 0 N–H and O–H groups in total. The Morgan fingerprint density at radius 1 is 1.00 bits per heavy atom. The third kappa shape index (κ3) is 1.22. The van der Waals surface area contributed by atoms with Crippen molar-refractivity contribution in [1.82, 2.24) is 14.4 Å². The molecule has 0 atom stereocenters. The molecule has 0 amide bonds. The highest BCUT2D eigenvalue weighted by molar-refractivity contribution is 5.84. The Labute approximate surface area is 100 Å². The molecule has 0 aliphatic rings. The van der Waals surface area contributed by atoms with E-state index >= 15 is 0 Å². The summed E-state index contributed by atoms with van der Waals surface area (Å²) >= 11 is 0. The summed E-state index contributed by atoms with van der Waals surface area (Å²) in [6, 6.07) is 4.11. The van der Waals surface area contributed by atoms with Crippen LogP contribution < -0.4 is 0 Å². The maximum absolute atomic E-state index is 4.65. The molecule has 0 saturated carbocycles. The molecule has 17 heavy (non-hydrogen) atoms. The number of hydrogen-bond acceptors (Lipinski definition) is 2. The SMILES string of the molecule is Cc1nc2c(C)c(C)c3cccnc3n2c1C. The molecule has 0 aliphatic carbocycles. The third-order valence-corrected chi connectivity index (χ3v) is 3.64. The third-order valence-electron chi connectivity index (χ3n) is 3.64. The van der Waals surface area contributed by atoms with Crippen LogP contribution in [-0.4, -0.2) is 14.4 Å². The van der Waals surface area contributed by atoms with Crippen molar-refractivity contribution < 1.29 is 0 Å². The Morgan fingerprint density at radius 3 is 2.53 bits per heavy atom. The van der Waals surface area contributed by atoms with Crippen LogP contribution in [0, 0.1) is 27.7 Å². The van der Waals surface area contributed by atoms with Crippen LogP contribution in [-0.2, 0) is 0 Å². The monoisotopic (exact) mass is 225 g/mol. The summed E-state index contributed by atoms with van der Waals surface area (Å²) < 4.78 is 2.16. The molecule has 3 heterocycles. The Kier molecular flexibility index (Phi) is 1.99. The number of hydrogen-bond donors (Lipinski definition) is 0. The highest BCUT2D eigenvalue weighted by Crippen LogP contribution is 2.26. The average molecular weight is 225 g/mol. The number of pyridine rings is 2. The number of rotatable bonds is 0. The van der Waals surface area contributed by atoms with Gasteiger partial charge < -0.3 is 0 Å². The van der Waals surface area contributed by atoms with Gasteiger partial charge in [0.2, 0.25) is 0 Å². The van der Waals surface area contributed by atoms with Gasteiger partial charge in [0.15, 0.2) is 0 Å². The first kappa shape index (κ1) is 10.3. The molecule has 0 radical (unpaired) electrons. The zero-order valence-electron chi connectivity index (χ0n) is 10.6. The van der Waals surface area contributed by atoms with Gasteiger partial charge in [-0.25, -0.2) is 9.97 Å². The summed E-state index contributed by atoms with van der Waals surface area (Å²) in [6.07, 6.45) is 1.84. The molecule has 0 aliphatic heterocycles. The van der Waals surface area contributed by atoms with E-state index in [1.807, 2.05) is 19.2 Å². The van der Waals surface area contributed by atoms with Gasteiger partial charge in [-0.15, -0.1) is 0 Å². The molecule has 3 rings (SSSR count). The van der Waals surface area contributed by atoms with E-state index in [1.54, 1.807) is 0 Å². The van der Waals surface area contributed by atoms with Crippen LogP contribution in [0.2, 0.25) is 0 Å². The summed E-state index contributed by atoms with van der Waals surface area (Å²) in [7, 11) is 0. The second-order valence-electron chi connectivity index (χ2n) is 4.57. The minimum atomic E-state index is 1.00. The van der Waals surface area contributed by atoms with Crippen LogP contribution in [0.4, 0.5) is 0 Å². The molecule has 0 saturated heterocycles. The van der Waals surface area contributed by atoms with Gasteiger partial charge in [-0.1, -0.05) is 0 Å². The number of imidazole rings is 1. The predicted molar refractivity (Wildman–Crippen MR) is 69.4 cm³/mol. The number of nitrogens with zero attached hydrogens (tertiary/aromatic N) is 3. The lowest BCUT2D eigenvalue weighted by Gasteiger charge is -2.09. The summed E-state index contributed by atoms with van der Waals surface area (Å²) in [5.74, 6) is 0. The summed E-state index contributed by atoms with van der Waals surface area (Å²) in [6.45, 7) is 8.41. The fraction of sp³-hybridized carbons (Fsp3) is 0.286. The summed E-state index contributed by atoms with van der Waals surface area (Å²) in [5, 5.41) is 1.21. The maximum atomic E-state index is 4.65. The summed E-state index contributed by atoms with van der Waals surface area (Å²) in [5.41, 5.74) is 6.79. The van der Waals surface area contributed by atoms with E-state index in [2.05, 4.69) is 41.2 Å². The smallest absolute Gasteiger partial charge is 0.146 e. The van der Waals surface area contributed by atoms with Crippen LogP contribution in [0.25, 0.3) is 16.7 Å². The van der Waals surface area contributed by atoms with E-state index in [-0.39, 0.29) is 0 Å². The van der Waals surface area contributed by atoms with Crippen molar-refractivity contribution in [2.75, 3.05) is 0 Å². The molecule has 0 aromatic carbocycles. The van der Waals surface area contributed by atoms with E-state index < -0.39 is 0 Å². The standard InChI is InChI=1S/C14H15N3/c1-8-9(2)13-16-10(3)11(4)17(13)14-12(8)6-5-7-15-14/h5-7H,1-4H3. The second-order valence-corrected chi connectivity index (χ2v) is 4.57. The van der Waals surface area contributed by atoms with Gasteiger partial charge in [0.05, 0.1) is 5.69 Å².